The van der Waals surface area contributed by atoms with Gasteiger partial charge in [-0.2, -0.15) is 4.98 Å². The Bertz CT molecular complexity index is 772. The van der Waals surface area contributed by atoms with Crippen LogP contribution in [0.5, 0.6) is 0 Å². The Kier molecular flexibility index (Phi) is 5.01. The van der Waals surface area contributed by atoms with Crippen molar-refractivity contribution < 1.29 is 0 Å². The molecule has 0 aliphatic rings. The summed E-state index contributed by atoms with van der Waals surface area (Å²) >= 11 is 1.36. The minimum atomic E-state index is -0.599. The van der Waals surface area contributed by atoms with E-state index in [1.807, 2.05) is 37.3 Å². The largest absolute Gasteiger partial charge is 0.354 e. The van der Waals surface area contributed by atoms with Crippen LogP contribution in [0.1, 0.15) is 12.5 Å². The summed E-state index contributed by atoms with van der Waals surface area (Å²) in [5, 5.41) is 0.421. The summed E-state index contributed by atoms with van der Waals surface area (Å²) in [7, 11) is 0. The number of hydrogen-bond acceptors (Lipinski definition) is 4. The molecule has 5 nitrogen and oxygen atoms in total. The minimum absolute atomic E-state index is 0.0729. The molecule has 21 heavy (non-hydrogen) atoms. The predicted octanol–water partition coefficient (Wildman–Crippen LogP) is 1.20. The second-order valence-corrected chi connectivity index (χ2v) is 5.49. The highest BCUT2D eigenvalue weighted by molar-refractivity contribution is 7.99. The van der Waals surface area contributed by atoms with Gasteiger partial charge < -0.3 is 0 Å². The van der Waals surface area contributed by atoms with Crippen LogP contribution in [0.25, 0.3) is 0 Å². The maximum absolute atomic E-state index is 12.5. The van der Waals surface area contributed by atoms with Gasteiger partial charge in [0.2, 0.25) is 0 Å². The molecule has 2 rings (SSSR count). The summed E-state index contributed by atoms with van der Waals surface area (Å²) in [6.07, 6.45) is 5.21. The number of benzene rings is 1. The van der Waals surface area contributed by atoms with Crippen LogP contribution in [-0.4, -0.2) is 19.9 Å². The average Bonchev–Trinajstić information content (AvgIpc) is 2.49. The number of thioether (sulfide) groups is 1. The maximum Gasteiger partial charge on any atom is 0.354 e. The molecule has 0 fully saturated rings. The van der Waals surface area contributed by atoms with Gasteiger partial charge >= 0.3 is 11.4 Å². The molecule has 0 saturated carbocycles. The molecule has 0 unspecified atom stereocenters. The van der Waals surface area contributed by atoms with Crippen molar-refractivity contribution in [1.82, 2.24) is 14.1 Å². The lowest BCUT2D eigenvalue weighted by Gasteiger charge is -2.12. The molecular weight excluding hydrogens is 286 g/mol. The summed E-state index contributed by atoms with van der Waals surface area (Å²) in [5.74, 6) is 3.03. The van der Waals surface area contributed by atoms with Gasteiger partial charge in [0.15, 0.2) is 5.16 Å². The molecular formula is C15H15N3O2S. The Balaban J connectivity index is 2.56. The first kappa shape index (κ1) is 15.1. The lowest BCUT2D eigenvalue weighted by atomic mass is 10.2. The molecule has 1 heterocycles. The second kappa shape index (κ2) is 6.95. The molecule has 1 aromatic carbocycles. The van der Waals surface area contributed by atoms with Crippen LogP contribution < -0.4 is 11.4 Å². The fraction of sp³-hybridized carbons (Fsp3) is 0.267. The van der Waals surface area contributed by atoms with Crippen LogP contribution in [0.15, 0.2) is 45.1 Å². The zero-order valence-electron chi connectivity index (χ0n) is 11.7. The van der Waals surface area contributed by atoms with E-state index in [0.717, 1.165) is 15.9 Å². The molecule has 0 saturated heterocycles. The molecule has 0 amide bonds. The lowest BCUT2D eigenvalue weighted by Crippen LogP contribution is -2.42. The Morgan fingerprint density at radius 2 is 1.95 bits per heavy atom. The second-order valence-electron chi connectivity index (χ2n) is 4.25. The van der Waals surface area contributed by atoms with E-state index in [9.17, 15) is 9.59 Å². The molecule has 0 aliphatic heterocycles. The van der Waals surface area contributed by atoms with E-state index < -0.39 is 11.4 Å². The van der Waals surface area contributed by atoms with Crippen LogP contribution in [0.4, 0.5) is 0 Å². The monoisotopic (exact) mass is 301 g/mol. The predicted molar refractivity (Wildman–Crippen MR) is 83.5 cm³/mol. The molecule has 0 bridgehead atoms. The van der Waals surface area contributed by atoms with E-state index in [0.29, 0.717) is 11.7 Å². The van der Waals surface area contributed by atoms with Crippen molar-refractivity contribution in [3.05, 3.63) is 56.9 Å². The van der Waals surface area contributed by atoms with Crippen LogP contribution in [0, 0.1) is 12.3 Å². The zero-order chi connectivity index (χ0) is 15.2. The maximum atomic E-state index is 12.5. The van der Waals surface area contributed by atoms with Gasteiger partial charge in [-0.1, -0.05) is 54.9 Å². The molecule has 0 spiro atoms. The van der Waals surface area contributed by atoms with E-state index in [4.69, 9.17) is 6.42 Å². The van der Waals surface area contributed by atoms with Crippen molar-refractivity contribution in [3.8, 4) is 12.3 Å². The molecule has 1 aromatic heterocycles. The topological polar surface area (TPSA) is 56.9 Å². The number of terminal acetylenes is 1. The van der Waals surface area contributed by atoms with Gasteiger partial charge in [0.05, 0.1) is 13.1 Å². The van der Waals surface area contributed by atoms with Crippen molar-refractivity contribution in [3.63, 3.8) is 0 Å². The summed E-state index contributed by atoms with van der Waals surface area (Å²) in [6.45, 7) is 2.23. The number of aromatic nitrogens is 3. The molecule has 0 radical (unpaired) electrons. The van der Waals surface area contributed by atoms with Crippen molar-refractivity contribution in [2.75, 3.05) is 5.75 Å². The third-order valence-electron chi connectivity index (χ3n) is 2.82. The number of hydrogen-bond donors (Lipinski definition) is 0. The molecule has 2 aromatic rings. The third kappa shape index (κ3) is 3.44. The number of rotatable bonds is 5. The van der Waals surface area contributed by atoms with Gasteiger partial charge in [-0.25, -0.2) is 14.2 Å². The fourth-order valence-corrected chi connectivity index (χ4v) is 2.58. The third-order valence-corrected chi connectivity index (χ3v) is 3.68. The van der Waals surface area contributed by atoms with Gasteiger partial charge in [0.25, 0.3) is 0 Å². The molecule has 0 atom stereocenters. The van der Waals surface area contributed by atoms with E-state index >= 15 is 0 Å². The highest BCUT2D eigenvalue weighted by Gasteiger charge is 2.12. The Labute approximate surface area is 126 Å². The summed E-state index contributed by atoms with van der Waals surface area (Å²) in [6, 6.07) is 9.55. The van der Waals surface area contributed by atoms with E-state index in [1.165, 1.54) is 16.3 Å². The first-order chi connectivity index (χ1) is 10.2. The van der Waals surface area contributed by atoms with Crippen molar-refractivity contribution in [1.29, 1.82) is 0 Å². The van der Waals surface area contributed by atoms with Gasteiger partial charge in [-0.15, -0.1) is 6.42 Å². The molecule has 6 heteroatoms. The number of nitrogens with zero attached hydrogens (tertiary/aromatic N) is 3. The summed E-state index contributed by atoms with van der Waals surface area (Å²) in [4.78, 5) is 28.3. The average molecular weight is 301 g/mol. The van der Waals surface area contributed by atoms with Crippen LogP contribution >= 0.6 is 11.8 Å². The summed E-state index contributed by atoms with van der Waals surface area (Å²) < 4.78 is 2.46. The minimum Gasteiger partial charge on any atom is -0.268 e. The Morgan fingerprint density at radius 1 is 1.24 bits per heavy atom. The van der Waals surface area contributed by atoms with Crippen molar-refractivity contribution >= 4 is 11.8 Å². The highest BCUT2D eigenvalue weighted by Crippen LogP contribution is 2.13. The Hall–Kier alpha value is -2.26. The smallest absolute Gasteiger partial charge is 0.268 e. The normalized spacial score (nSPS) is 10.3. The standard InChI is InChI=1S/C15H15N3O2S/c1-3-10-17-13(19)16-14(21-4-2)18(15(17)20)11-12-8-6-5-7-9-12/h1,5-9H,4,10-11H2,2H3. The van der Waals surface area contributed by atoms with Crippen LogP contribution in [0.3, 0.4) is 0 Å². The fourth-order valence-electron chi connectivity index (χ4n) is 1.88. The zero-order valence-corrected chi connectivity index (χ0v) is 12.5. The first-order valence-corrected chi connectivity index (χ1v) is 7.47. The Morgan fingerprint density at radius 3 is 2.57 bits per heavy atom. The summed E-state index contributed by atoms with van der Waals surface area (Å²) in [5.41, 5.74) is -0.0591. The van der Waals surface area contributed by atoms with Gasteiger partial charge in [-0.05, 0) is 11.3 Å². The van der Waals surface area contributed by atoms with Gasteiger partial charge in [0.1, 0.15) is 0 Å². The van der Waals surface area contributed by atoms with Gasteiger partial charge in [0, 0.05) is 0 Å². The van der Waals surface area contributed by atoms with Crippen LogP contribution in [0.2, 0.25) is 0 Å². The van der Waals surface area contributed by atoms with Crippen molar-refractivity contribution in [2.45, 2.75) is 25.2 Å². The molecule has 108 valence electrons. The first-order valence-electron chi connectivity index (χ1n) is 6.49. The highest BCUT2D eigenvalue weighted by atomic mass is 32.2. The quantitative estimate of drug-likeness (QED) is 0.615. The lowest BCUT2D eigenvalue weighted by molar-refractivity contribution is 0.534. The van der Waals surface area contributed by atoms with Gasteiger partial charge in [-0.3, -0.25) is 4.57 Å². The SMILES string of the molecule is C#CCn1c(=O)nc(SCC)n(Cc2ccccc2)c1=O. The van der Waals surface area contributed by atoms with Crippen molar-refractivity contribution in [2.24, 2.45) is 0 Å². The van der Waals surface area contributed by atoms with E-state index in [1.54, 1.807) is 0 Å². The molecule has 0 N–H and O–H groups in total. The van der Waals surface area contributed by atoms with Crippen LogP contribution in [-0.2, 0) is 13.1 Å². The molecule has 0 aliphatic carbocycles. The van der Waals surface area contributed by atoms with E-state index in [2.05, 4.69) is 10.9 Å². The van der Waals surface area contributed by atoms with E-state index in [-0.39, 0.29) is 6.54 Å².